The summed E-state index contributed by atoms with van der Waals surface area (Å²) >= 11 is 0. The number of allylic oxidation sites excluding steroid dienone is 16. The van der Waals surface area contributed by atoms with Crippen molar-refractivity contribution in [1.29, 1.82) is 0 Å². The minimum Gasteiger partial charge on any atom is -0.462 e. The Hall–Kier alpha value is -3.67. The van der Waals surface area contributed by atoms with Crippen LogP contribution in [0.15, 0.2) is 97.2 Å². The molecule has 0 radical (unpaired) electrons. The van der Waals surface area contributed by atoms with Crippen LogP contribution in [-0.2, 0) is 28.6 Å². The molecule has 0 aromatic carbocycles. The number of unbranched alkanes of at least 4 members (excludes halogenated alkanes) is 38. The Labute approximate surface area is 515 Å². The fourth-order valence-corrected chi connectivity index (χ4v) is 10.3. The molecule has 1 atom stereocenters. The van der Waals surface area contributed by atoms with E-state index in [-0.39, 0.29) is 31.1 Å². The Balaban J connectivity index is 4.06. The SMILES string of the molecule is CC/C=C\C/C=C\C/C=C\C/C=C\CCCCCCCCCCCCCCCCCCCCCCCCC(=O)OCC(COC(=O)CCCCCCCCCCC)OC(=O)CCCCCCCCCC/C=C\C/C=C\C/C=C\C/C=C\CC. The molecule has 0 aliphatic rings. The van der Waals surface area contributed by atoms with Crippen LogP contribution in [0, 0.1) is 0 Å². The Morgan fingerprint density at radius 1 is 0.253 bits per heavy atom. The van der Waals surface area contributed by atoms with E-state index in [1.165, 1.54) is 199 Å². The minimum absolute atomic E-state index is 0.0754. The predicted octanol–water partition coefficient (Wildman–Crippen LogP) is 24.8. The second-order valence-corrected chi connectivity index (χ2v) is 23.7. The van der Waals surface area contributed by atoms with Crippen molar-refractivity contribution in [3.05, 3.63) is 97.2 Å². The van der Waals surface area contributed by atoms with Crippen molar-refractivity contribution in [3.63, 3.8) is 0 Å². The molecule has 0 bridgehead atoms. The van der Waals surface area contributed by atoms with Crippen LogP contribution in [0.3, 0.4) is 0 Å². The third-order valence-corrected chi connectivity index (χ3v) is 15.6. The predicted molar refractivity (Wildman–Crippen MR) is 362 cm³/mol. The normalized spacial score (nSPS) is 12.7. The van der Waals surface area contributed by atoms with Gasteiger partial charge in [-0.15, -0.1) is 0 Å². The van der Waals surface area contributed by atoms with Crippen LogP contribution in [0.5, 0.6) is 0 Å². The lowest BCUT2D eigenvalue weighted by Gasteiger charge is -2.18. The maximum Gasteiger partial charge on any atom is 0.306 e. The molecule has 478 valence electrons. The van der Waals surface area contributed by atoms with Crippen molar-refractivity contribution in [2.75, 3.05) is 13.2 Å². The first-order valence-corrected chi connectivity index (χ1v) is 35.7. The van der Waals surface area contributed by atoms with E-state index in [9.17, 15) is 14.4 Å². The number of rotatable bonds is 65. The number of esters is 3. The van der Waals surface area contributed by atoms with Gasteiger partial charge in [-0.1, -0.05) is 336 Å². The summed E-state index contributed by atoms with van der Waals surface area (Å²) in [5.41, 5.74) is 0. The van der Waals surface area contributed by atoms with Crippen molar-refractivity contribution in [2.24, 2.45) is 0 Å². The molecule has 0 aromatic rings. The molecule has 0 spiro atoms. The van der Waals surface area contributed by atoms with Crippen molar-refractivity contribution in [2.45, 2.75) is 361 Å². The van der Waals surface area contributed by atoms with Gasteiger partial charge in [-0.3, -0.25) is 14.4 Å². The lowest BCUT2D eigenvalue weighted by molar-refractivity contribution is -0.167. The number of carbonyl (C=O) groups is 3. The summed E-state index contributed by atoms with van der Waals surface area (Å²) in [6.45, 7) is 6.43. The lowest BCUT2D eigenvalue weighted by Crippen LogP contribution is -2.30. The molecule has 0 N–H and O–H groups in total. The van der Waals surface area contributed by atoms with Crippen LogP contribution in [0.25, 0.3) is 0 Å². The lowest BCUT2D eigenvalue weighted by atomic mass is 10.0. The first-order valence-electron chi connectivity index (χ1n) is 35.7. The van der Waals surface area contributed by atoms with Gasteiger partial charge in [0.25, 0.3) is 0 Å². The summed E-state index contributed by atoms with van der Waals surface area (Å²) in [7, 11) is 0. The third kappa shape index (κ3) is 69.0. The number of hydrogen-bond acceptors (Lipinski definition) is 6. The average Bonchev–Trinajstić information content (AvgIpc) is 3.49. The third-order valence-electron chi connectivity index (χ3n) is 15.6. The van der Waals surface area contributed by atoms with E-state index in [1.807, 2.05) is 0 Å². The van der Waals surface area contributed by atoms with Crippen LogP contribution in [0.2, 0.25) is 0 Å². The van der Waals surface area contributed by atoms with Gasteiger partial charge in [0.2, 0.25) is 0 Å². The molecule has 0 heterocycles. The van der Waals surface area contributed by atoms with Crippen LogP contribution >= 0.6 is 0 Å². The summed E-state index contributed by atoms with van der Waals surface area (Å²) in [6.07, 6.45) is 96.1. The molecule has 0 rings (SSSR count). The van der Waals surface area contributed by atoms with Gasteiger partial charge in [-0.25, -0.2) is 0 Å². The Bertz CT molecular complexity index is 1610. The molecule has 0 amide bonds. The van der Waals surface area contributed by atoms with Crippen molar-refractivity contribution < 1.29 is 28.6 Å². The maximum atomic E-state index is 12.9. The molecule has 6 nitrogen and oxygen atoms in total. The van der Waals surface area contributed by atoms with Gasteiger partial charge in [-0.2, -0.15) is 0 Å². The molecule has 0 aromatic heterocycles. The molecule has 0 saturated carbocycles. The molecule has 1 unspecified atom stereocenters. The highest BCUT2D eigenvalue weighted by atomic mass is 16.6. The number of carbonyl (C=O) groups excluding carboxylic acids is 3. The summed E-state index contributed by atoms with van der Waals surface area (Å²) in [5, 5.41) is 0. The van der Waals surface area contributed by atoms with Gasteiger partial charge >= 0.3 is 17.9 Å². The minimum atomic E-state index is -0.778. The first kappa shape index (κ1) is 79.3. The van der Waals surface area contributed by atoms with Gasteiger partial charge in [0.1, 0.15) is 13.2 Å². The monoisotopic (exact) mass is 1160 g/mol. The van der Waals surface area contributed by atoms with Gasteiger partial charge in [0, 0.05) is 19.3 Å². The molecular formula is C77H134O6. The van der Waals surface area contributed by atoms with Gasteiger partial charge < -0.3 is 14.2 Å². The second-order valence-electron chi connectivity index (χ2n) is 23.7. The Morgan fingerprint density at radius 2 is 0.470 bits per heavy atom. The first-order chi connectivity index (χ1) is 41.0. The molecule has 0 aliphatic carbocycles. The topological polar surface area (TPSA) is 78.9 Å². The zero-order valence-corrected chi connectivity index (χ0v) is 54.9. The molecular weight excluding hydrogens is 1020 g/mol. The highest BCUT2D eigenvalue weighted by Crippen LogP contribution is 2.18. The van der Waals surface area contributed by atoms with E-state index < -0.39 is 6.10 Å². The maximum absolute atomic E-state index is 12.9. The van der Waals surface area contributed by atoms with Gasteiger partial charge in [-0.05, 0) is 96.3 Å². The quantitative estimate of drug-likeness (QED) is 0.0261. The van der Waals surface area contributed by atoms with E-state index in [2.05, 4.69) is 118 Å². The van der Waals surface area contributed by atoms with Crippen molar-refractivity contribution in [1.82, 2.24) is 0 Å². The fraction of sp³-hybridized carbons (Fsp3) is 0.753. The van der Waals surface area contributed by atoms with E-state index in [0.717, 1.165) is 116 Å². The number of ether oxygens (including phenoxy) is 3. The van der Waals surface area contributed by atoms with Gasteiger partial charge in [0.05, 0.1) is 0 Å². The highest BCUT2D eigenvalue weighted by molar-refractivity contribution is 5.71. The summed E-state index contributed by atoms with van der Waals surface area (Å²) < 4.78 is 16.9. The molecule has 0 aliphatic heterocycles. The smallest absolute Gasteiger partial charge is 0.306 e. The highest BCUT2D eigenvalue weighted by Gasteiger charge is 2.19. The standard InChI is InChI=1S/C77H134O6/c1-4-7-10-13-16-19-21-23-25-27-29-31-32-33-34-35-36-37-38-39-40-41-42-43-44-46-47-49-51-53-55-58-61-64-67-70-76(79)82-73-74(72-81-75(78)69-66-63-60-57-18-15-12-9-6-3)83-77(80)71-68-65-62-59-56-54-52-50-48-45-30-28-26-24-22-20-17-14-11-8-5-2/h7-8,10-11,16-17,19-20,23-26,29-31,45,74H,4-6,9,12-15,18,21-22,27-28,32-44,46-73H2,1-3H3/b10-7-,11-8-,19-16-,20-17-,25-23-,26-24-,31-29-,45-30-. The zero-order valence-electron chi connectivity index (χ0n) is 54.9. The number of hydrogen-bond donors (Lipinski definition) is 0. The zero-order chi connectivity index (χ0) is 59.9. The average molecular weight is 1160 g/mol. The summed E-state index contributed by atoms with van der Waals surface area (Å²) in [5.74, 6) is -0.869. The Kier molecular flexibility index (Phi) is 67.7. The summed E-state index contributed by atoms with van der Waals surface area (Å²) in [6, 6.07) is 0. The van der Waals surface area contributed by atoms with Crippen molar-refractivity contribution >= 4 is 17.9 Å². The van der Waals surface area contributed by atoms with Crippen LogP contribution in [0.1, 0.15) is 355 Å². The van der Waals surface area contributed by atoms with Crippen molar-refractivity contribution in [3.8, 4) is 0 Å². The summed E-state index contributed by atoms with van der Waals surface area (Å²) in [4.78, 5) is 38.3. The molecule has 0 saturated heterocycles. The van der Waals surface area contributed by atoms with Gasteiger partial charge in [0.15, 0.2) is 6.10 Å². The van der Waals surface area contributed by atoms with E-state index >= 15 is 0 Å². The second kappa shape index (κ2) is 70.8. The van der Waals surface area contributed by atoms with Crippen LogP contribution < -0.4 is 0 Å². The molecule has 6 heteroatoms. The molecule has 0 fully saturated rings. The Morgan fingerprint density at radius 3 is 0.735 bits per heavy atom. The van der Waals surface area contributed by atoms with E-state index in [1.54, 1.807) is 0 Å². The molecule has 83 heavy (non-hydrogen) atoms. The van der Waals surface area contributed by atoms with E-state index in [0.29, 0.717) is 19.3 Å². The largest absolute Gasteiger partial charge is 0.462 e. The van der Waals surface area contributed by atoms with E-state index in [4.69, 9.17) is 14.2 Å². The van der Waals surface area contributed by atoms with Crippen LogP contribution in [-0.4, -0.2) is 37.2 Å². The van der Waals surface area contributed by atoms with Crippen LogP contribution in [0.4, 0.5) is 0 Å². The fourth-order valence-electron chi connectivity index (χ4n) is 10.3.